The normalized spacial score (nSPS) is 17.3. The first-order valence-electron chi connectivity index (χ1n) is 10.6. The number of fused-ring (bicyclic) bond motifs is 1. The van der Waals surface area contributed by atoms with E-state index in [1.807, 2.05) is 6.07 Å². The zero-order valence-corrected chi connectivity index (χ0v) is 17.2. The van der Waals surface area contributed by atoms with E-state index in [2.05, 4.69) is 64.7 Å². The second-order valence-corrected chi connectivity index (χ2v) is 8.23. The Morgan fingerprint density at radius 3 is 2.67 bits per heavy atom. The number of nitrogens with zero attached hydrogens (tertiary/aromatic N) is 2. The van der Waals surface area contributed by atoms with Crippen LogP contribution in [0.25, 0.3) is 0 Å². The summed E-state index contributed by atoms with van der Waals surface area (Å²) in [7, 11) is 2.10. The summed E-state index contributed by atoms with van der Waals surface area (Å²) >= 11 is 0. The van der Waals surface area contributed by atoms with Gasteiger partial charge in [-0.3, -0.25) is 4.98 Å². The molecule has 5 nitrogen and oxygen atoms in total. The van der Waals surface area contributed by atoms with Crippen LogP contribution in [-0.4, -0.2) is 30.3 Å². The number of nitrogens with one attached hydrogen (secondary N) is 1. The Bertz CT molecular complexity index is 1030. The Morgan fingerprint density at radius 1 is 1.10 bits per heavy atom. The molecule has 5 rings (SSSR count). The van der Waals surface area contributed by atoms with Gasteiger partial charge in [-0.25, -0.2) is 0 Å². The second-order valence-electron chi connectivity index (χ2n) is 8.23. The van der Waals surface area contributed by atoms with Crippen LogP contribution in [0, 0.1) is 0 Å². The molecule has 0 unspecified atom stereocenters. The summed E-state index contributed by atoms with van der Waals surface area (Å²) < 4.78 is 6.01. The van der Waals surface area contributed by atoms with Gasteiger partial charge in [0.25, 0.3) is 0 Å². The van der Waals surface area contributed by atoms with E-state index in [0.29, 0.717) is 6.61 Å². The number of rotatable bonds is 7. The van der Waals surface area contributed by atoms with Gasteiger partial charge in [-0.15, -0.1) is 0 Å². The molecule has 5 heteroatoms. The van der Waals surface area contributed by atoms with Crippen molar-refractivity contribution in [1.82, 2.24) is 4.98 Å². The molecule has 0 radical (unpaired) electrons. The van der Waals surface area contributed by atoms with Crippen molar-refractivity contribution in [2.45, 2.75) is 31.3 Å². The van der Waals surface area contributed by atoms with Gasteiger partial charge in [0, 0.05) is 54.3 Å². The van der Waals surface area contributed by atoms with E-state index < -0.39 is 0 Å². The molecule has 0 amide bonds. The minimum atomic E-state index is -0.0000622. The molecule has 1 atom stereocenters. The first-order valence-corrected chi connectivity index (χ1v) is 10.6. The van der Waals surface area contributed by atoms with Gasteiger partial charge in [-0.05, 0) is 48.6 Å². The summed E-state index contributed by atoms with van der Waals surface area (Å²) in [5, 5.41) is 12.9. The summed E-state index contributed by atoms with van der Waals surface area (Å²) in [5.74, 6) is 2.00. The van der Waals surface area contributed by atoms with Gasteiger partial charge in [0.2, 0.25) is 0 Å². The van der Waals surface area contributed by atoms with Crippen LogP contribution in [-0.2, 0) is 6.61 Å². The number of aliphatic hydroxyl groups excluding tert-OH is 1. The number of hydrogen-bond acceptors (Lipinski definition) is 5. The van der Waals surface area contributed by atoms with Crippen LogP contribution in [0.1, 0.15) is 41.4 Å². The number of anilines is 3. The van der Waals surface area contributed by atoms with Crippen molar-refractivity contribution in [3.05, 3.63) is 77.6 Å². The Labute approximate surface area is 177 Å². The lowest BCUT2D eigenvalue weighted by atomic mass is 10.0. The van der Waals surface area contributed by atoms with Gasteiger partial charge in [-0.1, -0.05) is 18.2 Å². The maximum atomic E-state index is 9.49. The van der Waals surface area contributed by atoms with Crippen LogP contribution >= 0.6 is 0 Å². The number of benzene rings is 2. The molecular weight excluding hydrogens is 374 g/mol. The lowest BCUT2D eigenvalue weighted by Crippen LogP contribution is -2.15. The summed E-state index contributed by atoms with van der Waals surface area (Å²) in [5.41, 5.74) is 6.71. The van der Waals surface area contributed by atoms with Gasteiger partial charge >= 0.3 is 0 Å². The van der Waals surface area contributed by atoms with Gasteiger partial charge in [0.15, 0.2) is 0 Å². The van der Waals surface area contributed by atoms with Crippen molar-refractivity contribution < 1.29 is 9.84 Å². The molecule has 3 aromatic rings. The molecule has 1 aliphatic carbocycles. The van der Waals surface area contributed by atoms with Crippen LogP contribution < -0.4 is 15.0 Å². The average molecular weight is 402 g/mol. The van der Waals surface area contributed by atoms with Crippen molar-refractivity contribution in [2.24, 2.45) is 0 Å². The highest BCUT2D eigenvalue weighted by Crippen LogP contribution is 2.41. The summed E-state index contributed by atoms with van der Waals surface area (Å²) in [6.45, 7) is 1.39. The fourth-order valence-corrected chi connectivity index (χ4v) is 4.13. The number of pyridine rings is 1. The number of aliphatic hydroxyl groups is 1. The molecule has 1 saturated carbocycles. The van der Waals surface area contributed by atoms with Crippen molar-refractivity contribution in [1.29, 1.82) is 0 Å². The maximum absolute atomic E-state index is 9.49. The van der Waals surface area contributed by atoms with E-state index in [9.17, 15) is 5.11 Å². The molecule has 1 aliphatic heterocycles. The Morgan fingerprint density at radius 2 is 1.90 bits per heavy atom. The fraction of sp³-hybridized carbons (Fsp3) is 0.320. The molecule has 2 aliphatic rings. The van der Waals surface area contributed by atoms with Crippen molar-refractivity contribution in [2.75, 3.05) is 30.4 Å². The third-order valence-corrected chi connectivity index (χ3v) is 6.21. The zero-order valence-electron chi connectivity index (χ0n) is 17.2. The largest absolute Gasteiger partial charge is 0.493 e. The summed E-state index contributed by atoms with van der Waals surface area (Å²) in [4.78, 5) is 6.35. The van der Waals surface area contributed by atoms with Crippen LogP contribution in [0.2, 0.25) is 0 Å². The highest BCUT2D eigenvalue weighted by Gasteiger charge is 2.26. The Kier molecular flexibility index (Phi) is 5.05. The monoisotopic (exact) mass is 401 g/mol. The Hall–Kier alpha value is -3.05. The first-order chi connectivity index (χ1) is 14.7. The maximum Gasteiger partial charge on any atom is 0.125 e. The van der Waals surface area contributed by atoms with E-state index in [0.717, 1.165) is 35.2 Å². The molecule has 30 heavy (non-hydrogen) atoms. The second kappa shape index (κ2) is 8.00. The molecule has 0 bridgehead atoms. The lowest BCUT2D eigenvalue weighted by Gasteiger charge is -2.21. The lowest BCUT2D eigenvalue weighted by molar-refractivity contribution is 0.282. The van der Waals surface area contributed by atoms with Gasteiger partial charge < -0.3 is 20.1 Å². The summed E-state index contributed by atoms with van der Waals surface area (Å²) in [6, 6.07) is 17.2. The highest BCUT2D eigenvalue weighted by atomic mass is 16.5. The first kappa shape index (κ1) is 18.9. The van der Waals surface area contributed by atoms with E-state index in [-0.39, 0.29) is 12.5 Å². The number of hydrogen-bond donors (Lipinski definition) is 2. The van der Waals surface area contributed by atoms with E-state index >= 15 is 0 Å². The van der Waals surface area contributed by atoms with Crippen molar-refractivity contribution in [3.63, 3.8) is 0 Å². The zero-order chi connectivity index (χ0) is 20.5. The average Bonchev–Trinajstić information content (AvgIpc) is 3.57. The summed E-state index contributed by atoms with van der Waals surface area (Å²) in [6.07, 6.45) is 6.11. The predicted molar refractivity (Wildman–Crippen MR) is 120 cm³/mol. The van der Waals surface area contributed by atoms with Gasteiger partial charge in [-0.2, -0.15) is 0 Å². The molecule has 0 spiro atoms. The van der Waals surface area contributed by atoms with E-state index in [4.69, 9.17) is 4.74 Å². The van der Waals surface area contributed by atoms with E-state index in [1.165, 1.54) is 29.7 Å². The van der Waals surface area contributed by atoms with Crippen LogP contribution in [0.3, 0.4) is 0 Å². The molecule has 0 saturated heterocycles. The number of ether oxygens (including phenoxy) is 1. The van der Waals surface area contributed by atoms with Crippen LogP contribution in [0.4, 0.5) is 17.1 Å². The minimum Gasteiger partial charge on any atom is -0.493 e. The van der Waals surface area contributed by atoms with Gasteiger partial charge in [0.1, 0.15) is 5.75 Å². The van der Waals surface area contributed by atoms with Crippen LogP contribution in [0.15, 0.2) is 60.9 Å². The van der Waals surface area contributed by atoms with Crippen molar-refractivity contribution in [3.8, 4) is 5.75 Å². The van der Waals surface area contributed by atoms with Gasteiger partial charge in [0.05, 0.1) is 25.1 Å². The predicted octanol–water partition coefficient (Wildman–Crippen LogP) is 4.81. The molecule has 2 aromatic carbocycles. The molecular formula is C25H27N3O2. The third kappa shape index (κ3) is 3.73. The third-order valence-electron chi connectivity index (χ3n) is 6.21. The molecule has 1 fully saturated rings. The molecule has 1 aromatic heterocycles. The SMILES string of the molecule is CN(c1ccc(C2CC2)cc1)c1ccc2c(c1)OC[C@@H]2CNc1cnccc1CO. The minimum absolute atomic E-state index is 0.0000622. The van der Waals surface area contributed by atoms with Crippen LogP contribution in [0.5, 0.6) is 5.75 Å². The topological polar surface area (TPSA) is 57.6 Å². The fourth-order valence-electron chi connectivity index (χ4n) is 4.13. The quantitative estimate of drug-likeness (QED) is 0.595. The van der Waals surface area contributed by atoms with E-state index in [1.54, 1.807) is 12.4 Å². The molecule has 2 heterocycles. The molecule has 154 valence electrons. The van der Waals surface area contributed by atoms with Crippen molar-refractivity contribution >= 4 is 17.1 Å². The molecule has 2 N–H and O–H groups in total. The Balaban J connectivity index is 1.28. The highest BCUT2D eigenvalue weighted by molar-refractivity contribution is 5.66. The number of aromatic nitrogens is 1. The standard InChI is InChI=1S/C25H27N3O2/c1-28(21-6-4-18(5-7-21)17-2-3-17)22-8-9-23-20(16-30-25(23)12-22)13-27-24-14-26-11-10-19(24)15-29/h4-12,14,17,20,27,29H,2-3,13,15-16H2,1H3/t20-/m0/s1. The smallest absolute Gasteiger partial charge is 0.125 e.